The Morgan fingerprint density at radius 1 is 1.31 bits per heavy atom. The summed E-state index contributed by atoms with van der Waals surface area (Å²) in [6.45, 7) is 8.19. The Morgan fingerprint density at radius 2 is 2.07 bits per heavy atom. The van der Waals surface area contributed by atoms with Gasteiger partial charge in [0.15, 0.2) is 0 Å². The zero-order chi connectivity index (χ0) is 21.1. The number of nitrogens with zero attached hydrogens (tertiary/aromatic N) is 3. The Morgan fingerprint density at radius 3 is 2.66 bits per heavy atom. The fraction of sp³-hybridized carbons (Fsp3) is 0.579. The third-order valence-corrected chi connectivity index (χ3v) is 4.62. The number of carbonyl (C=O) groups is 2. The number of amides is 3. The molecule has 3 amide bonds. The first-order chi connectivity index (χ1) is 13.7. The van der Waals surface area contributed by atoms with Crippen LogP contribution < -0.4 is 16.0 Å². The van der Waals surface area contributed by atoms with E-state index in [1.807, 2.05) is 27.7 Å². The monoisotopic (exact) mass is 403 g/mol. The Balaban J connectivity index is 1.47. The van der Waals surface area contributed by atoms with Crippen molar-refractivity contribution in [1.82, 2.24) is 30.4 Å². The summed E-state index contributed by atoms with van der Waals surface area (Å²) in [5.74, 6) is 0.792. The van der Waals surface area contributed by atoms with E-state index in [-0.39, 0.29) is 6.03 Å². The SMILES string of the molecule is Cc1cnc(C2(NC(=O)Nc3cnn(CCNC(=O)OC(C)(C)C)c3)CCC2)[nH]1. The highest BCUT2D eigenvalue weighted by Gasteiger charge is 2.42. The van der Waals surface area contributed by atoms with Crippen molar-refractivity contribution in [3.63, 3.8) is 0 Å². The molecule has 0 spiro atoms. The van der Waals surface area contributed by atoms with Gasteiger partial charge < -0.3 is 25.7 Å². The van der Waals surface area contributed by atoms with Crippen LogP contribution in [-0.4, -0.2) is 44.0 Å². The highest BCUT2D eigenvalue weighted by molar-refractivity contribution is 5.89. The lowest BCUT2D eigenvalue weighted by molar-refractivity contribution is 0.0525. The summed E-state index contributed by atoms with van der Waals surface area (Å²) in [6, 6.07) is -0.301. The van der Waals surface area contributed by atoms with Crippen LogP contribution in [0.15, 0.2) is 18.6 Å². The number of aryl methyl sites for hydroxylation is 1. The predicted octanol–water partition coefficient (Wildman–Crippen LogP) is 2.64. The van der Waals surface area contributed by atoms with Crippen molar-refractivity contribution in [1.29, 1.82) is 0 Å². The number of imidazole rings is 1. The van der Waals surface area contributed by atoms with Crippen LogP contribution in [0.25, 0.3) is 0 Å². The molecular formula is C19H29N7O3. The summed E-state index contributed by atoms with van der Waals surface area (Å²) >= 11 is 0. The number of ether oxygens (including phenoxy) is 1. The highest BCUT2D eigenvalue weighted by atomic mass is 16.6. The maximum atomic E-state index is 12.5. The number of hydrogen-bond acceptors (Lipinski definition) is 5. The van der Waals surface area contributed by atoms with Gasteiger partial charge in [0, 0.05) is 24.6 Å². The third kappa shape index (κ3) is 5.49. The molecule has 2 heterocycles. The number of hydrogen-bond donors (Lipinski definition) is 4. The van der Waals surface area contributed by atoms with Gasteiger partial charge in [-0.15, -0.1) is 0 Å². The number of anilines is 1. The van der Waals surface area contributed by atoms with Gasteiger partial charge in [-0.25, -0.2) is 14.6 Å². The van der Waals surface area contributed by atoms with Crippen molar-refractivity contribution in [3.05, 3.63) is 30.1 Å². The minimum Gasteiger partial charge on any atom is -0.444 e. The number of rotatable bonds is 6. The van der Waals surface area contributed by atoms with Gasteiger partial charge in [-0.05, 0) is 47.0 Å². The van der Waals surface area contributed by atoms with Crippen LogP contribution in [0.3, 0.4) is 0 Å². The zero-order valence-electron chi connectivity index (χ0n) is 17.3. The molecule has 10 nitrogen and oxygen atoms in total. The average Bonchev–Trinajstić information content (AvgIpc) is 3.18. The first-order valence-corrected chi connectivity index (χ1v) is 9.76. The van der Waals surface area contributed by atoms with Crippen LogP contribution in [0, 0.1) is 6.92 Å². The summed E-state index contributed by atoms with van der Waals surface area (Å²) in [5, 5.41) is 12.7. The first kappa shape index (κ1) is 20.7. The Kier molecular flexibility index (Phi) is 5.81. The number of H-pyrrole nitrogens is 1. The molecule has 0 aromatic carbocycles. The predicted molar refractivity (Wildman–Crippen MR) is 107 cm³/mol. The summed E-state index contributed by atoms with van der Waals surface area (Å²) < 4.78 is 6.82. The van der Waals surface area contributed by atoms with Gasteiger partial charge in [0.25, 0.3) is 0 Å². The molecule has 3 rings (SSSR count). The lowest BCUT2D eigenvalue weighted by Crippen LogP contribution is -2.52. The van der Waals surface area contributed by atoms with Crippen molar-refractivity contribution in [2.45, 2.75) is 64.6 Å². The van der Waals surface area contributed by atoms with Crippen LogP contribution in [0.4, 0.5) is 15.3 Å². The van der Waals surface area contributed by atoms with Gasteiger partial charge in [-0.2, -0.15) is 5.10 Å². The molecule has 0 radical (unpaired) electrons. The van der Waals surface area contributed by atoms with Gasteiger partial charge in [-0.3, -0.25) is 4.68 Å². The Hall–Kier alpha value is -3.04. The van der Waals surface area contributed by atoms with E-state index in [4.69, 9.17) is 4.74 Å². The Labute approximate surface area is 169 Å². The lowest BCUT2D eigenvalue weighted by atomic mass is 9.76. The van der Waals surface area contributed by atoms with Gasteiger partial charge in [0.2, 0.25) is 0 Å². The van der Waals surface area contributed by atoms with Crippen molar-refractivity contribution in [2.75, 3.05) is 11.9 Å². The molecule has 0 unspecified atom stereocenters. The number of urea groups is 1. The minimum absolute atomic E-state index is 0.301. The average molecular weight is 403 g/mol. The van der Waals surface area contributed by atoms with Crippen molar-refractivity contribution >= 4 is 17.8 Å². The van der Waals surface area contributed by atoms with Gasteiger partial charge in [-0.1, -0.05) is 0 Å². The van der Waals surface area contributed by atoms with E-state index in [9.17, 15) is 9.59 Å². The molecule has 4 N–H and O–H groups in total. The topological polar surface area (TPSA) is 126 Å². The van der Waals surface area contributed by atoms with Crippen LogP contribution >= 0.6 is 0 Å². The molecule has 2 aromatic heterocycles. The molecular weight excluding hydrogens is 374 g/mol. The first-order valence-electron chi connectivity index (χ1n) is 9.76. The third-order valence-electron chi connectivity index (χ3n) is 4.62. The number of aromatic nitrogens is 4. The molecule has 158 valence electrons. The molecule has 0 bridgehead atoms. The Bertz CT molecular complexity index is 861. The summed E-state index contributed by atoms with van der Waals surface area (Å²) in [7, 11) is 0. The molecule has 0 saturated heterocycles. The molecule has 1 fully saturated rings. The van der Waals surface area contributed by atoms with E-state index >= 15 is 0 Å². The van der Waals surface area contributed by atoms with E-state index in [2.05, 4.69) is 31.0 Å². The second-order valence-corrected chi connectivity index (χ2v) is 8.35. The van der Waals surface area contributed by atoms with E-state index < -0.39 is 17.2 Å². The quantitative estimate of drug-likeness (QED) is 0.590. The summed E-state index contributed by atoms with van der Waals surface area (Å²) in [5.41, 5.74) is 0.567. The minimum atomic E-state index is -0.535. The zero-order valence-corrected chi connectivity index (χ0v) is 17.3. The normalized spacial score (nSPS) is 15.3. The van der Waals surface area contributed by atoms with Gasteiger partial charge in [0.05, 0.1) is 24.0 Å². The highest BCUT2D eigenvalue weighted by Crippen LogP contribution is 2.39. The van der Waals surface area contributed by atoms with E-state index in [0.717, 1.165) is 30.8 Å². The fourth-order valence-corrected chi connectivity index (χ4v) is 3.12. The van der Waals surface area contributed by atoms with E-state index in [1.54, 1.807) is 23.3 Å². The summed E-state index contributed by atoms with van der Waals surface area (Å²) in [6.07, 6.45) is 7.32. The maximum Gasteiger partial charge on any atom is 0.407 e. The molecule has 10 heteroatoms. The number of carbonyl (C=O) groups excluding carboxylic acids is 2. The van der Waals surface area contributed by atoms with Gasteiger partial charge >= 0.3 is 12.1 Å². The number of aromatic amines is 1. The molecule has 1 aliphatic carbocycles. The van der Waals surface area contributed by atoms with Crippen LogP contribution in [0.5, 0.6) is 0 Å². The van der Waals surface area contributed by atoms with Crippen molar-refractivity contribution in [2.24, 2.45) is 0 Å². The molecule has 2 aromatic rings. The fourth-order valence-electron chi connectivity index (χ4n) is 3.12. The second kappa shape index (κ2) is 8.14. The number of nitrogens with one attached hydrogen (secondary N) is 4. The molecule has 29 heavy (non-hydrogen) atoms. The van der Waals surface area contributed by atoms with E-state index in [0.29, 0.717) is 18.8 Å². The largest absolute Gasteiger partial charge is 0.444 e. The molecule has 1 aliphatic rings. The molecule has 1 saturated carbocycles. The van der Waals surface area contributed by atoms with Crippen molar-refractivity contribution in [3.8, 4) is 0 Å². The van der Waals surface area contributed by atoms with Crippen LogP contribution in [0.2, 0.25) is 0 Å². The molecule has 0 atom stereocenters. The smallest absolute Gasteiger partial charge is 0.407 e. The maximum absolute atomic E-state index is 12.5. The van der Waals surface area contributed by atoms with Gasteiger partial charge in [0.1, 0.15) is 11.4 Å². The molecule has 0 aliphatic heterocycles. The van der Waals surface area contributed by atoms with Crippen LogP contribution in [0.1, 0.15) is 51.6 Å². The summed E-state index contributed by atoms with van der Waals surface area (Å²) in [4.78, 5) is 31.7. The van der Waals surface area contributed by atoms with E-state index in [1.165, 1.54) is 0 Å². The standard InChI is InChI=1S/C19H29N7O3/c1-13-10-21-15(23-13)19(6-5-7-19)25-16(27)24-14-11-22-26(12-14)9-8-20-17(28)29-18(2,3)4/h10-12H,5-9H2,1-4H3,(H,20,28)(H,21,23)(H2,24,25,27). The van der Waals surface area contributed by atoms with Crippen molar-refractivity contribution < 1.29 is 14.3 Å². The lowest BCUT2D eigenvalue weighted by Gasteiger charge is -2.40. The second-order valence-electron chi connectivity index (χ2n) is 8.35. The van der Waals surface area contributed by atoms with Crippen LogP contribution in [-0.2, 0) is 16.8 Å². The number of alkyl carbamates (subject to hydrolysis) is 1.